The molecular formula is C47H82O17P2. The van der Waals surface area contributed by atoms with Crippen molar-refractivity contribution in [1.29, 1.82) is 0 Å². The zero-order valence-corrected chi connectivity index (χ0v) is 41.0. The molecule has 0 aromatic carbocycles. The fourth-order valence-corrected chi connectivity index (χ4v) is 8.39. The number of ether oxygens (including phenoxy) is 2. The first-order valence-electron chi connectivity index (χ1n) is 23.9. The van der Waals surface area contributed by atoms with Gasteiger partial charge in [-0.2, -0.15) is 0 Å². The van der Waals surface area contributed by atoms with Gasteiger partial charge in [-0.15, -0.1) is 0 Å². The molecule has 1 aliphatic rings. The van der Waals surface area contributed by atoms with Crippen LogP contribution in [0, 0.1) is 0 Å². The molecule has 8 N–H and O–H groups in total. The van der Waals surface area contributed by atoms with Gasteiger partial charge in [0, 0.05) is 12.8 Å². The molecule has 0 heterocycles. The summed E-state index contributed by atoms with van der Waals surface area (Å²) in [6.45, 7) is 2.59. The molecule has 9 atom stereocenters. The third-order valence-corrected chi connectivity index (χ3v) is 12.1. The molecular weight excluding hydrogens is 898 g/mol. The number of carbonyl (C=O) groups excluding carboxylic acids is 2. The third-order valence-electron chi connectivity index (χ3n) is 10.6. The monoisotopic (exact) mass is 981 g/mol. The Morgan fingerprint density at radius 2 is 1.00 bits per heavy atom. The molecule has 382 valence electrons. The van der Waals surface area contributed by atoms with E-state index in [4.69, 9.17) is 18.5 Å². The van der Waals surface area contributed by atoms with Crippen molar-refractivity contribution in [3.05, 3.63) is 60.8 Å². The SMILES string of the molecule is CCCCCC/C=C\CCCCCCCCCC(=O)OC[C@H](COP(=O)(O)O[C@H]1C(O)C(O)C(O)[C@@H](OP(=O)(O)O)C1O)OC(=O)CCC/C=C\C/C=C\C/C=C\C/C=C\CCC[C@H](C)O. The highest BCUT2D eigenvalue weighted by Gasteiger charge is 2.54. The number of phosphoric ester groups is 2. The molecule has 17 nitrogen and oxygen atoms in total. The molecule has 66 heavy (non-hydrogen) atoms. The predicted molar refractivity (Wildman–Crippen MR) is 252 cm³/mol. The van der Waals surface area contributed by atoms with Crippen LogP contribution in [0.15, 0.2) is 60.8 Å². The number of esters is 2. The maximum absolute atomic E-state index is 13.0. The lowest BCUT2D eigenvalue weighted by Gasteiger charge is -2.43. The van der Waals surface area contributed by atoms with Gasteiger partial charge in [-0.1, -0.05) is 119 Å². The van der Waals surface area contributed by atoms with E-state index in [0.717, 1.165) is 83.5 Å². The number of hydrogen-bond acceptors (Lipinski definition) is 14. The number of allylic oxidation sites excluding steroid dienone is 10. The maximum Gasteiger partial charge on any atom is 0.472 e. The first-order chi connectivity index (χ1) is 31.5. The van der Waals surface area contributed by atoms with Crippen LogP contribution < -0.4 is 0 Å². The average molecular weight is 981 g/mol. The Balaban J connectivity index is 2.64. The van der Waals surface area contributed by atoms with Gasteiger partial charge in [0.25, 0.3) is 0 Å². The Morgan fingerprint density at radius 3 is 1.55 bits per heavy atom. The second-order valence-electron chi connectivity index (χ2n) is 16.8. The van der Waals surface area contributed by atoms with Crippen LogP contribution in [-0.4, -0.2) is 114 Å². The fourth-order valence-electron chi connectivity index (χ4n) is 6.85. The van der Waals surface area contributed by atoms with Crippen LogP contribution in [0.2, 0.25) is 0 Å². The van der Waals surface area contributed by atoms with Gasteiger partial charge in [0.2, 0.25) is 0 Å². The van der Waals surface area contributed by atoms with Crippen LogP contribution in [0.1, 0.15) is 162 Å². The number of unbranched alkanes of at least 4 members (excludes halogenated alkanes) is 13. The van der Waals surface area contributed by atoms with Crippen LogP contribution in [-0.2, 0) is 41.8 Å². The van der Waals surface area contributed by atoms with E-state index in [2.05, 4.69) is 54.0 Å². The molecule has 1 fully saturated rings. The highest BCUT2D eigenvalue weighted by molar-refractivity contribution is 7.47. The summed E-state index contributed by atoms with van der Waals surface area (Å²) in [5.74, 6) is -1.30. The molecule has 0 aromatic heterocycles. The molecule has 0 radical (unpaired) electrons. The number of phosphoric acid groups is 2. The van der Waals surface area contributed by atoms with Crippen LogP contribution >= 0.6 is 15.6 Å². The van der Waals surface area contributed by atoms with Crippen molar-refractivity contribution in [2.45, 2.75) is 210 Å². The Bertz CT molecular complexity index is 1530. The van der Waals surface area contributed by atoms with Crippen molar-refractivity contribution in [1.82, 2.24) is 0 Å². The van der Waals surface area contributed by atoms with Gasteiger partial charge in [-0.25, -0.2) is 9.13 Å². The predicted octanol–water partition coefficient (Wildman–Crippen LogP) is 8.03. The zero-order chi connectivity index (χ0) is 49.1. The maximum atomic E-state index is 13.0. The minimum Gasteiger partial charge on any atom is -0.462 e. The minimum atomic E-state index is -5.38. The molecule has 0 spiro atoms. The molecule has 1 rings (SSSR count). The van der Waals surface area contributed by atoms with E-state index in [1.54, 1.807) is 6.92 Å². The van der Waals surface area contributed by atoms with Crippen molar-refractivity contribution in [2.75, 3.05) is 13.2 Å². The molecule has 1 aliphatic carbocycles. The second-order valence-corrected chi connectivity index (χ2v) is 19.3. The second kappa shape index (κ2) is 37.5. The summed E-state index contributed by atoms with van der Waals surface area (Å²) in [5.41, 5.74) is 0. The standard InChI is InChI=1S/C47H82O17P2/c1-3-4-5-6-7-8-9-10-12-16-19-22-25-28-31-34-40(49)60-36-39(37-61-66(58,59)64-47-44(53)42(51)43(52)46(45(47)54)63-65(55,56)57)62-41(50)35-32-29-26-23-20-17-14-11-13-15-18-21-24-27-30-33-38(2)48/h8-9,13-15,17,21,23-24,26,38-39,42-48,51-54H,3-7,10-12,16,18-20,22,25,27-37H2,1-2H3,(H,58,59)(H2,55,56,57)/b9-8-,15-13-,17-14-,24-21-,26-23-/t38-,39+,42?,43?,44?,45?,46+,47-/m0/s1. The van der Waals surface area contributed by atoms with Crippen molar-refractivity contribution in [3.63, 3.8) is 0 Å². The summed E-state index contributed by atoms with van der Waals surface area (Å²) in [5, 5.41) is 50.5. The summed E-state index contributed by atoms with van der Waals surface area (Å²) in [4.78, 5) is 54.2. The van der Waals surface area contributed by atoms with E-state index in [-0.39, 0.29) is 18.9 Å². The molecule has 19 heteroatoms. The van der Waals surface area contributed by atoms with E-state index < -0.39 is 83.5 Å². The summed E-state index contributed by atoms with van der Waals surface area (Å²) in [7, 11) is -10.7. The van der Waals surface area contributed by atoms with Gasteiger partial charge in [-0.3, -0.25) is 23.2 Å². The largest absolute Gasteiger partial charge is 0.472 e. The zero-order valence-electron chi connectivity index (χ0n) is 39.2. The molecule has 0 aliphatic heterocycles. The number of rotatable bonds is 39. The highest BCUT2D eigenvalue weighted by Crippen LogP contribution is 2.49. The average Bonchev–Trinajstić information content (AvgIpc) is 3.26. The van der Waals surface area contributed by atoms with E-state index in [9.17, 15) is 58.9 Å². The normalized spacial score (nSPS) is 22.5. The number of aliphatic hydroxyl groups is 5. The van der Waals surface area contributed by atoms with Crippen molar-refractivity contribution in [2.24, 2.45) is 0 Å². The molecule has 0 amide bonds. The lowest BCUT2D eigenvalue weighted by Crippen LogP contribution is -2.64. The van der Waals surface area contributed by atoms with Gasteiger partial charge in [0.15, 0.2) is 6.10 Å². The van der Waals surface area contributed by atoms with Gasteiger partial charge in [0.05, 0.1) is 12.7 Å². The fraction of sp³-hybridized carbons (Fsp3) is 0.745. The van der Waals surface area contributed by atoms with Gasteiger partial charge < -0.3 is 49.7 Å². The van der Waals surface area contributed by atoms with Crippen molar-refractivity contribution in [3.8, 4) is 0 Å². The Labute approximate surface area is 392 Å². The Kier molecular flexibility index (Phi) is 35.1. The summed E-state index contributed by atoms with van der Waals surface area (Å²) < 4.78 is 49.3. The van der Waals surface area contributed by atoms with E-state index in [0.29, 0.717) is 25.7 Å². The summed E-state index contributed by atoms with van der Waals surface area (Å²) in [6.07, 6.45) is 26.0. The van der Waals surface area contributed by atoms with E-state index in [1.165, 1.54) is 25.7 Å². The minimum absolute atomic E-state index is 0.0465. The quantitative estimate of drug-likeness (QED) is 0.0125. The van der Waals surface area contributed by atoms with Crippen LogP contribution in [0.5, 0.6) is 0 Å². The van der Waals surface area contributed by atoms with Gasteiger partial charge >= 0.3 is 27.6 Å². The van der Waals surface area contributed by atoms with Crippen LogP contribution in [0.4, 0.5) is 0 Å². The third kappa shape index (κ3) is 32.4. The molecule has 0 aromatic rings. The van der Waals surface area contributed by atoms with Gasteiger partial charge in [0.1, 0.15) is 43.2 Å². The smallest absolute Gasteiger partial charge is 0.462 e. The van der Waals surface area contributed by atoms with Crippen LogP contribution in [0.25, 0.3) is 0 Å². The van der Waals surface area contributed by atoms with Crippen molar-refractivity contribution < 1.29 is 82.0 Å². The molecule has 0 saturated heterocycles. The Hall–Kier alpha value is -2.34. The topological polar surface area (TPSA) is 276 Å². The summed E-state index contributed by atoms with van der Waals surface area (Å²) >= 11 is 0. The molecule has 1 saturated carbocycles. The Morgan fingerprint density at radius 1 is 0.545 bits per heavy atom. The first kappa shape index (κ1) is 61.7. The van der Waals surface area contributed by atoms with Crippen molar-refractivity contribution >= 4 is 27.6 Å². The number of carbonyl (C=O) groups is 2. The van der Waals surface area contributed by atoms with Crippen LogP contribution in [0.3, 0.4) is 0 Å². The molecule has 5 unspecified atom stereocenters. The van der Waals surface area contributed by atoms with Gasteiger partial charge in [-0.05, 0) is 90.4 Å². The van der Waals surface area contributed by atoms with E-state index in [1.807, 2.05) is 18.2 Å². The number of aliphatic hydroxyl groups excluding tert-OH is 5. The lowest BCUT2D eigenvalue weighted by molar-refractivity contribution is -0.216. The highest BCUT2D eigenvalue weighted by atomic mass is 31.2. The summed E-state index contributed by atoms with van der Waals surface area (Å²) in [6, 6.07) is 0. The molecule has 0 bridgehead atoms. The van der Waals surface area contributed by atoms with E-state index >= 15 is 0 Å². The lowest BCUT2D eigenvalue weighted by atomic mass is 9.85. The number of hydrogen-bond donors (Lipinski definition) is 8. The first-order valence-corrected chi connectivity index (χ1v) is 26.9.